The van der Waals surface area contributed by atoms with Gasteiger partial charge in [0.1, 0.15) is 25.0 Å². The van der Waals surface area contributed by atoms with Gasteiger partial charge in [-0.15, -0.1) is 0 Å². The van der Waals surface area contributed by atoms with E-state index in [9.17, 15) is 4.79 Å². The minimum absolute atomic E-state index is 0.0884. The monoisotopic (exact) mass is 422 g/mol. The van der Waals surface area contributed by atoms with Crippen molar-refractivity contribution < 1.29 is 9.53 Å². The van der Waals surface area contributed by atoms with Crippen LogP contribution in [0.1, 0.15) is 6.92 Å². The number of carbonyl (C=O) groups excluding carboxylic acids is 1. The van der Waals surface area contributed by atoms with Gasteiger partial charge in [0.05, 0.1) is 23.3 Å². The van der Waals surface area contributed by atoms with E-state index in [2.05, 4.69) is 31.9 Å². The van der Waals surface area contributed by atoms with Crippen LogP contribution in [-0.2, 0) is 17.9 Å². The van der Waals surface area contributed by atoms with Crippen LogP contribution < -0.4 is 10.1 Å². The number of hydrogen-bond acceptors (Lipinski definition) is 6. The van der Waals surface area contributed by atoms with E-state index >= 15 is 0 Å². The number of anilines is 1. The SMILES string of the molecule is CCn1c(SCC(=O)Nc2cccc(OCCn3cncn3)c2)nc2ccccc21. The predicted octanol–water partition coefficient (Wildman–Crippen LogP) is 3.46. The molecule has 0 bridgehead atoms. The summed E-state index contributed by atoms with van der Waals surface area (Å²) in [5.74, 6) is 0.878. The van der Waals surface area contributed by atoms with Gasteiger partial charge in [0.15, 0.2) is 5.16 Å². The molecule has 2 aromatic heterocycles. The summed E-state index contributed by atoms with van der Waals surface area (Å²) < 4.78 is 9.56. The molecule has 0 aliphatic heterocycles. The second kappa shape index (κ2) is 9.45. The number of imidazole rings is 1. The molecule has 0 aliphatic carbocycles. The van der Waals surface area contributed by atoms with Crippen LogP contribution in [0.3, 0.4) is 0 Å². The number of hydrogen-bond donors (Lipinski definition) is 1. The Labute approximate surface area is 178 Å². The van der Waals surface area contributed by atoms with Crippen LogP contribution in [0.5, 0.6) is 5.75 Å². The fraction of sp³-hybridized carbons (Fsp3) is 0.238. The van der Waals surface area contributed by atoms with E-state index in [0.717, 1.165) is 22.7 Å². The van der Waals surface area contributed by atoms with E-state index in [-0.39, 0.29) is 11.7 Å². The molecule has 0 spiro atoms. The van der Waals surface area contributed by atoms with Gasteiger partial charge < -0.3 is 14.6 Å². The summed E-state index contributed by atoms with van der Waals surface area (Å²) in [7, 11) is 0. The van der Waals surface area contributed by atoms with Crippen molar-refractivity contribution in [1.29, 1.82) is 0 Å². The molecule has 4 aromatic rings. The van der Waals surface area contributed by atoms with Gasteiger partial charge in [-0.3, -0.25) is 4.79 Å². The molecule has 0 unspecified atom stereocenters. The maximum absolute atomic E-state index is 12.5. The van der Waals surface area contributed by atoms with Crippen molar-refractivity contribution in [3.8, 4) is 5.75 Å². The molecule has 9 heteroatoms. The lowest BCUT2D eigenvalue weighted by atomic mass is 10.3. The molecule has 0 saturated heterocycles. The normalized spacial score (nSPS) is 11.0. The van der Waals surface area contributed by atoms with Crippen LogP contribution in [0.4, 0.5) is 5.69 Å². The minimum Gasteiger partial charge on any atom is -0.492 e. The van der Waals surface area contributed by atoms with E-state index in [0.29, 0.717) is 24.6 Å². The van der Waals surface area contributed by atoms with Crippen LogP contribution in [0.2, 0.25) is 0 Å². The minimum atomic E-state index is -0.0884. The third kappa shape index (κ3) is 4.80. The number of carbonyl (C=O) groups is 1. The van der Waals surface area contributed by atoms with Gasteiger partial charge in [-0.1, -0.05) is 30.0 Å². The van der Waals surface area contributed by atoms with Gasteiger partial charge in [-0.2, -0.15) is 5.10 Å². The number of fused-ring (bicyclic) bond motifs is 1. The standard InChI is InChI=1S/C21H22N6O2S/c1-2-27-19-9-4-3-8-18(19)25-21(27)30-13-20(28)24-16-6-5-7-17(12-16)29-11-10-26-15-22-14-23-26/h3-9,12,14-15H,2,10-11,13H2,1H3,(H,24,28). The number of amides is 1. The van der Waals surface area contributed by atoms with E-state index < -0.39 is 0 Å². The number of thioether (sulfide) groups is 1. The lowest BCUT2D eigenvalue weighted by Gasteiger charge is -2.09. The molecule has 8 nitrogen and oxygen atoms in total. The zero-order valence-electron chi connectivity index (χ0n) is 16.6. The Morgan fingerprint density at radius 2 is 2.10 bits per heavy atom. The molecular formula is C21H22N6O2S. The average Bonchev–Trinajstić information content (AvgIpc) is 3.39. The maximum atomic E-state index is 12.5. The number of aromatic nitrogens is 5. The highest BCUT2D eigenvalue weighted by atomic mass is 32.2. The fourth-order valence-corrected chi connectivity index (χ4v) is 3.94. The van der Waals surface area contributed by atoms with E-state index in [1.165, 1.54) is 18.1 Å². The van der Waals surface area contributed by atoms with E-state index in [4.69, 9.17) is 4.74 Å². The van der Waals surface area contributed by atoms with Crippen molar-refractivity contribution in [2.24, 2.45) is 0 Å². The molecule has 0 fully saturated rings. The number of benzene rings is 2. The molecular weight excluding hydrogens is 400 g/mol. The smallest absolute Gasteiger partial charge is 0.234 e. The third-order valence-electron chi connectivity index (χ3n) is 4.44. The molecule has 154 valence electrons. The van der Waals surface area contributed by atoms with Gasteiger partial charge >= 0.3 is 0 Å². The number of nitrogens with zero attached hydrogens (tertiary/aromatic N) is 5. The summed E-state index contributed by atoms with van der Waals surface area (Å²) in [6, 6.07) is 15.4. The van der Waals surface area contributed by atoms with E-state index in [1.54, 1.807) is 11.0 Å². The zero-order valence-corrected chi connectivity index (χ0v) is 17.4. The topological polar surface area (TPSA) is 86.9 Å². The first kappa shape index (κ1) is 20.0. The molecule has 0 radical (unpaired) electrons. The van der Waals surface area contributed by atoms with Crippen molar-refractivity contribution in [3.05, 3.63) is 61.2 Å². The highest BCUT2D eigenvalue weighted by Gasteiger charge is 2.12. The maximum Gasteiger partial charge on any atom is 0.234 e. The Kier molecular flexibility index (Phi) is 6.29. The van der Waals surface area contributed by atoms with Crippen LogP contribution in [0.15, 0.2) is 66.3 Å². The third-order valence-corrected chi connectivity index (χ3v) is 5.42. The summed E-state index contributed by atoms with van der Waals surface area (Å²) >= 11 is 1.43. The Balaban J connectivity index is 1.32. The molecule has 4 rings (SSSR count). The lowest BCUT2D eigenvalue weighted by molar-refractivity contribution is -0.113. The Bertz CT molecular complexity index is 1130. The molecule has 30 heavy (non-hydrogen) atoms. The predicted molar refractivity (Wildman–Crippen MR) is 117 cm³/mol. The average molecular weight is 423 g/mol. The van der Waals surface area contributed by atoms with Crippen LogP contribution in [0, 0.1) is 0 Å². The van der Waals surface area contributed by atoms with Gasteiger partial charge in [0.25, 0.3) is 0 Å². The second-order valence-corrected chi connectivity index (χ2v) is 7.44. The highest BCUT2D eigenvalue weighted by molar-refractivity contribution is 7.99. The first-order valence-corrected chi connectivity index (χ1v) is 10.6. The van der Waals surface area contributed by atoms with Crippen molar-refractivity contribution in [1.82, 2.24) is 24.3 Å². The molecule has 0 aliphatic rings. The fourth-order valence-electron chi connectivity index (χ4n) is 3.07. The molecule has 0 saturated carbocycles. The first-order valence-electron chi connectivity index (χ1n) is 9.66. The second-order valence-electron chi connectivity index (χ2n) is 6.50. The van der Waals surface area contributed by atoms with Crippen LogP contribution >= 0.6 is 11.8 Å². The molecule has 0 atom stereocenters. The number of nitrogens with one attached hydrogen (secondary N) is 1. The zero-order chi connectivity index (χ0) is 20.8. The summed E-state index contributed by atoms with van der Waals surface area (Å²) in [6.07, 6.45) is 3.13. The molecule has 2 heterocycles. The Morgan fingerprint density at radius 3 is 2.93 bits per heavy atom. The number of para-hydroxylation sites is 2. The van der Waals surface area contributed by atoms with Gasteiger partial charge in [-0.25, -0.2) is 14.6 Å². The summed E-state index contributed by atoms with van der Waals surface area (Å²) in [5, 5.41) is 7.81. The summed E-state index contributed by atoms with van der Waals surface area (Å²) in [4.78, 5) is 21.0. The van der Waals surface area contributed by atoms with Crippen LogP contribution in [-0.4, -0.2) is 42.6 Å². The molecule has 1 N–H and O–H groups in total. The van der Waals surface area contributed by atoms with Crippen LogP contribution in [0.25, 0.3) is 11.0 Å². The highest BCUT2D eigenvalue weighted by Crippen LogP contribution is 2.24. The van der Waals surface area contributed by atoms with Crippen molar-refractivity contribution in [3.63, 3.8) is 0 Å². The lowest BCUT2D eigenvalue weighted by Crippen LogP contribution is -2.15. The van der Waals surface area contributed by atoms with Crippen molar-refractivity contribution >= 4 is 34.4 Å². The van der Waals surface area contributed by atoms with Gasteiger partial charge in [-0.05, 0) is 31.2 Å². The molecule has 2 aromatic carbocycles. The summed E-state index contributed by atoms with van der Waals surface area (Å²) in [5.41, 5.74) is 2.72. The molecule has 1 amide bonds. The summed E-state index contributed by atoms with van der Waals surface area (Å²) in [6.45, 7) is 3.95. The van der Waals surface area contributed by atoms with Gasteiger partial charge in [0.2, 0.25) is 5.91 Å². The quantitative estimate of drug-likeness (QED) is 0.416. The Morgan fingerprint density at radius 1 is 1.20 bits per heavy atom. The van der Waals surface area contributed by atoms with E-state index in [1.807, 2.05) is 48.5 Å². The number of aryl methyl sites for hydroxylation is 1. The van der Waals surface area contributed by atoms with Crippen molar-refractivity contribution in [2.45, 2.75) is 25.2 Å². The van der Waals surface area contributed by atoms with Crippen molar-refractivity contribution in [2.75, 3.05) is 17.7 Å². The van der Waals surface area contributed by atoms with Gasteiger partial charge in [0, 0.05) is 18.3 Å². The number of rotatable bonds is 9. The Hall–Kier alpha value is -3.33. The largest absolute Gasteiger partial charge is 0.492 e. The number of ether oxygens (including phenoxy) is 1. The first-order chi connectivity index (χ1) is 14.7.